The number of rotatable bonds is 10. The smallest absolute Gasteiger partial charge is 0.322 e. The van der Waals surface area contributed by atoms with E-state index in [4.69, 9.17) is 4.42 Å². The summed E-state index contributed by atoms with van der Waals surface area (Å²) in [5.41, 5.74) is 2.41. The number of sulfonamides is 1. The van der Waals surface area contributed by atoms with Gasteiger partial charge in [-0.25, -0.2) is 8.42 Å². The summed E-state index contributed by atoms with van der Waals surface area (Å²) in [7, 11) is -3.99. The Hall–Kier alpha value is -3.77. The van der Waals surface area contributed by atoms with Crippen molar-refractivity contribution in [1.82, 2.24) is 9.62 Å². The third kappa shape index (κ3) is 6.94. The lowest BCUT2D eigenvalue weighted by Crippen LogP contribution is -2.42. The van der Waals surface area contributed by atoms with Gasteiger partial charge in [-0.05, 0) is 41.8 Å². The van der Waals surface area contributed by atoms with Crippen molar-refractivity contribution >= 4 is 52.4 Å². The Balaban J connectivity index is 1.25. The first-order valence-corrected chi connectivity index (χ1v) is 15.5. The number of furan rings is 1. The Labute approximate surface area is 247 Å². The third-order valence-corrected chi connectivity index (χ3v) is 9.49. The van der Waals surface area contributed by atoms with Gasteiger partial charge < -0.3 is 14.4 Å². The number of nitrogens with zero attached hydrogens (tertiary/aromatic N) is 1. The van der Waals surface area contributed by atoms with Crippen LogP contribution in [0.15, 0.2) is 111 Å². The highest BCUT2D eigenvalue weighted by atomic mass is 32.2. The van der Waals surface area contributed by atoms with Crippen LogP contribution in [0.5, 0.6) is 0 Å². The van der Waals surface area contributed by atoms with Gasteiger partial charge in [0.25, 0.3) is 5.91 Å². The average molecular weight is 607 g/mol. The van der Waals surface area contributed by atoms with Gasteiger partial charge in [-0.15, -0.1) is 12.6 Å². The van der Waals surface area contributed by atoms with E-state index in [1.54, 1.807) is 65.6 Å². The van der Waals surface area contributed by atoms with E-state index in [0.717, 1.165) is 11.1 Å². The van der Waals surface area contributed by atoms with Crippen molar-refractivity contribution in [2.24, 2.45) is 0 Å². The zero-order valence-electron chi connectivity index (χ0n) is 21.6. The second-order valence-electron chi connectivity index (χ2n) is 9.30. The summed E-state index contributed by atoms with van der Waals surface area (Å²) >= 11 is 5.93. The molecule has 2 N–H and O–H groups in total. The first-order chi connectivity index (χ1) is 19.7. The molecule has 1 aliphatic heterocycles. The molecule has 5 rings (SSSR count). The van der Waals surface area contributed by atoms with Crippen LogP contribution in [0.1, 0.15) is 16.9 Å². The number of nitrogens with one attached hydrogen (secondary N) is 1. The molecule has 4 aromatic rings. The largest absolute Gasteiger partial charge is 0.480 e. The summed E-state index contributed by atoms with van der Waals surface area (Å²) in [6, 6.07) is 26.6. The van der Waals surface area contributed by atoms with Crippen LogP contribution >= 0.6 is 24.4 Å². The number of benzene rings is 3. The van der Waals surface area contributed by atoms with Crippen LogP contribution in [0.2, 0.25) is 0 Å². The molecule has 1 aromatic heterocycles. The zero-order valence-corrected chi connectivity index (χ0v) is 24.1. The molecule has 11 heteroatoms. The first kappa shape index (κ1) is 28.7. The quantitative estimate of drug-likeness (QED) is 0.167. The number of carbonyl (C=O) groups excluding carboxylic acids is 1. The average Bonchev–Trinajstić information content (AvgIpc) is 3.54. The lowest BCUT2D eigenvalue weighted by molar-refractivity contribution is -0.139. The molecule has 1 amide bonds. The van der Waals surface area contributed by atoms with Crippen LogP contribution in [-0.2, 0) is 32.6 Å². The van der Waals surface area contributed by atoms with Gasteiger partial charge in [0.15, 0.2) is 0 Å². The topological polar surface area (TPSA) is 117 Å². The molecule has 1 fully saturated rings. The summed E-state index contributed by atoms with van der Waals surface area (Å²) in [6.45, 7) is 0.463. The van der Waals surface area contributed by atoms with Gasteiger partial charge in [-0.3, -0.25) is 9.59 Å². The number of hydrogen-bond donors (Lipinski definition) is 3. The molecule has 0 aliphatic carbocycles. The van der Waals surface area contributed by atoms with E-state index in [-0.39, 0.29) is 21.9 Å². The minimum Gasteiger partial charge on any atom is -0.480 e. The highest BCUT2D eigenvalue weighted by Crippen LogP contribution is 2.39. The summed E-state index contributed by atoms with van der Waals surface area (Å²) in [5.74, 6) is -0.301. The van der Waals surface area contributed by atoms with E-state index < -0.39 is 22.0 Å². The second kappa shape index (κ2) is 12.4. The lowest BCUT2D eigenvalue weighted by Gasteiger charge is -2.19. The van der Waals surface area contributed by atoms with E-state index in [0.29, 0.717) is 28.5 Å². The first-order valence-electron chi connectivity index (χ1n) is 12.6. The van der Waals surface area contributed by atoms with E-state index in [1.807, 2.05) is 30.3 Å². The molecule has 1 saturated heterocycles. The van der Waals surface area contributed by atoms with Gasteiger partial charge in [0, 0.05) is 18.2 Å². The summed E-state index contributed by atoms with van der Waals surface area (Å²) < 4.78 is 33.2. The number of aliphatic carboxylic acids is 1. The van der Waals surface area contributed by atoms with Crippen LogP contribution < -0.4 is 4.72 Å². The van der Waals surface area contributed by atoms with E-state index >= 15 is 0 Å². The maximum Gasteiger partial charge on any atom is 0.322 e. The van der Waals surface area contributed by atoms with Crippen molar-refractivity contribution < 1.29 is 27.5 Å². The van der Waals surface area contributed by atoms with Crippen LogP contribution in [0, 0.1) is 0 Å². The van der Waals surface area contributed by atoms with Crippen molar-refractivity contribution in [3.8, 4) is 11.3 Å². The summed E-state index contributed by atoms with van der Waals surface area (Å²) in [5, 5.41) is 9.64. The van der Waals surface area contributed by atoms with Crippen LogP contribution in [0.3, 0.4) is 0 Å². The Morgan fingerprint density at radius 1 is 0.976 bits per heavy atom. The fourth-order valence-electron chi connectivity index (χ4n) is 4.29. The molecule has 2 heterocycles. The van der Waals surface area contributed by atoms with Crippen molar-refractivity contribution in [3.05, 3.63) is 119 Å². The number of carboxylic acid groups (broad SMARTS) is 1. The Bertz CT molecular complexity index is 1670. The molecule has 0 spiro atoms. The maximum absolute atomic E-state index is 13.0. The Morgan fingerprint density at radius 3 is 2.29 bits per heavy atom. The van der Waals surface area contributed by atoms with Crippen molar-refractivity contribution in [3.63, 3.8) is 0 Å². The fourth-order valence-corrected chi connectivity index (χ4v) is 6.95. The highest BCUT2D eigenvalue weighted by Gasteiger charge is 2.34. The van der Waals surface area contributed by atoms with Gasteiger partial charge in [0.2, 0.25) is 10.0 Å². The molecule has 210 valence electrons. The standard InChI is InChI=1S/C30H26N2O6S3/c33-28-27(40-30(39)32(28)19-21-7-3-1-4-8-21)18-23-15-16-26(38-23)22-13-11-20(12-14-22)17-25(29(34)35)31-41(36,37)24-9-5-2-6-10-24/h1-16,18,25,30-31,39H,17,19H2,(H,34,35)/b27-18-/t25-,30-/m1/s1. The molecular formula is C30H26N2O6S3. The minimum absolute atomic E-state index is 0.00307. The van der Waals surface area contributed by atoms with Gasteiger partial charge >= 0.3 is 5.97 Å². The van der Waals surface area contributed by atoms with Crippen LogP contribution in [0.25, 0.3) is 17.4 Å². The van der Waals surface area contributed by atoms with Crippen molar-refractivity contribution in [2.45, 2.75) is 28.6 Å². The fraction of sp³-hybridized carbons (Fsp3) is 0.133. The van der Waals surface area contributed by atoms with E-state index in [2.05, 4.69) is 17.4 Å². The predicted molar refractivity (Wildman–Crippen MR) is 161 cm³/mol. The molecule has 1 aliphatic rings. The second-order valence-corrected chi connectivity index (χ2v) is 13.0. The lowest BCUT2D eigenvalue weighted by atomic mass is 10.0. The molecule has 0 radical (unpaired) electrons. The Kier molecular flexibility index (Phi) is 8.69. The van der Waals surface area contributed by atoms with Crippen molar-refractivity contribution in [2.75, 3.05) is 0 Å². The normalized spacial score (nSPS) is 17.2. The number of carbonyl (C=O) groups is 2. The number of carboxylic acids is 1. The van der Waals surface area contributed by atoms with Crippen LogP contribution in [-0.4, -0.2) is 41.0 Å². The minimum atomic E-state index is -3.99. The molecule has 3 aromatic carbocycles. The molecule has 2 atom stereocenters. The third-order valence-electron chi connectivity index (χ3n) is 6.39. The van der Waals surface area contributed by atoms with Gasteiger partial charge in [-0.2, -0.15) is 4.72 Å². The number of thioether (sulfide) groups is 1. The van der Waals surface area contributed by atoms with Gasteiger partial charge in [-0.1, -0.05) is 84.6 Å². The highest BCUT2D eigenvalue weighted by molar-refractivity contribution is 8.14. The van der Waals surface area contributed by atoms with Gasteiger partial charge in [0.1, 0.15) is 22.3 Å². The molecule has 0 saturated carbocycles. The molecule has 41 heavy (non-hydrogen) atoms. The van der Waals surface area contributed by atoms with E-state index in [9.17, 15) is 23.1 Å². The van der Waals surface area contributed by atoms with Crippen molar-refractivity contribution in [1.29, 1.82) is 0 Å². The molecule has 0 bridgehead atoms. The maximum atomic E-state index is 13.0. The molecule has 8 nitrogen and oxygen atoms in total. The zero-order chi connectivity index (χ0) is 29.0. The monoisotopic (exact) mass is 606 g/mol. The number of amides is 1. The molecule has 0 unspecified atom stereocenters. The number of hydrogen-bond acceptors (Lipinski definition) is 7. The SMILES string of the molecule is O=C(O)[C@@H](Cc1ccc(-c2ccc(/C=C3\S[C@@H](S)N(Cc4ccccc4)C3=O)o2)cc1)NS(=O)(=O)c1ccccc1. The number of thiol groups is 1. The summed E-state index contributed by atoms with van der Waals surface area (Å²) in [6.07, 6.45) is 1.66. The van der Waals surface area contributed by atoms with Crippen LogP contribution in [0.4, 0.5) is 0 Å². The van der Waals surface area contributed by atoms with E-state index in [1.165, 1.54) is 23.9 Å². The summed E-state index contributed by atoms with van der Waals surface area (Å²) in [4.78, 5) is 27.1. The Morgan fingerprint density at radius 2 is 1.63 bits per heavy atom. The molecular weight excluding hydrogens is 581 g/mol. The van der Waals surface area contributed by atoms with Gasteiger partial charge in [0.05, 0.1) is 9.80 Å². The predicted octanol–water partition coefficient (Wildman–Crippen LogP) is 5.25.